The average molecular weight is 264 g/mol. The molecule has 2 aromatic rings. The normalized spacial score (nSPS) is 21.6. The van der Waals surface area contributed by atoms with Crippen LogP contribution in [0.4, 0.5) is 8.78 Å². The molecule has 1 aromatic carbocycles. The first-order valence-corrected chi connectivity index (χ1v) is 6.70. The minimum Gasteiger partial charge on any atom is -0.361 e. The van der Waals surface area contributed by atoms with Crippen LogP contribution in [-0.2, 0) is 5.41 Å². The van der Waals surface area contributed by atoms with Gasteiger partial charge in [-0.05, 0) is 42.0 Å². The number of hydrogen-bond donors (Lipinski definition) is 2. The van der Waals surface area contributed by atoms with E-state index in [4.69, 9.17) is 5.73 Å². The topological polar surface area (TPSA) is 41.8 Å². The Morgan fingerprint density at radius 1 is 1.11 bits per heavy atom. The van der Waals surface area contributed by atoms with Crippen LogP contribution in [0.25, 0.3) is 10.9 Å². The maximum atomic E-state index is 13.4. The van der Waals surface area contributed by atoms with Gasteiger partial charge in [0.05, 0.1) is 0 Å². The van der Waals surface area contributed by atoms with Gasteiger partial charge < -0.3 is 10.7 Å². The zero-order valence-electron chi connectivity index (χ0n) is 10.8. The molecule has 0 aliphatic heterocycles. The number of nitrogens with two attached hydrogens (primary N) is 1. The first-order valence-electron chi connectivity index (χ1n) is 6.70. The number of aromatic nitrogens is 1. The molecule has 3 rings (SSSR count). The van der Waals surface area contributed by atoms with Gasteiger partial charge in [0, 0.05) is 36.5 Å². The van der Waals surface area contributed by atoms with Crippen molar-refractivity contribution in [3.8, 4) is 0 Å². The summed E-state index contributed by atoms with van der Waals surface area (Å²) in [5, 5.41) is 1.11. The lowest BCUT2D eigenvalue weighted by molar-refractivity contribution is -0.0509. The summed E-state index contributed by atoms with van der Waals surface area (Å²) in [4.78, 5) is 3.14. The first kappa shape index (κ1) is 12.6. The molecule has 0 bridgehead atoms. The Hall–Kier alpha value is -1.42. The molecule has 1 fully saturated rings. The molecule has 102 valence electrons. The summed E-state index contributed by atoms with van der Waals surface area (Å²) in [5.74, 6) is -2.52. The highest BCUT2D eigenvalue weighted by molar-refractivity contribution is 5.80. The number of rotatable bonds is 2. The van der Waals surface area contributed by atoms with Crippen molar-refractivity contribution < 1.29 is 8.78 Å². The number of halogens is 2. The molecule has 1 aliphatic carbocycles. The Labute approximate surface area is 111 Å². The van der Waals surface area contributed by atoms with Crippen molar-refractivity contribution in [2.45, 2.75) is 37.0 Å². The molecule has 3 N–H and O–H groups in total. The molecule has 1 aliphatic rings. The van der Waals surface area contributed by atoms with Gasteiger partial charge in [0.2, 0.25) is 5.92 Å². The number of H-pyrrole nitrogens is 1. The van der Waals surface area contributed by atoms with Crippen LogP contribution in [0.5, 0.6) is 0 Å². The lowest BCUT2D eigenvalue weighted by Crippen LogP contribution is -2.42. The van der Waals surface area contributed by atoms with E-state index in [0.29, 0.717) is 19.4 Å². The summed E-state index contributed by atoms with van der Waals surface area (Å²) in [6.45, 7) is 0.430. The SMILES string of the molecule is NCC1(c2ccc3[nH]ccc3c2)CCC(F)(F)CC1. The summed E-state index contributed by atoms with van der Waals surface area (Å²) in [6, 6.07) is 8.12. The Kier molecular flexibility index (Phi) is 2.86. The van der Waals surface area contributed by atoms with Gasteiger partial charge >= 0.3 is 0 Å². The molecule has 19 heavy (non-hydrogen) atoms. The van der Waals surface area contributed by atoms with E-state index in [1.165, 1.54) is 0 Å². The third-order valence-corrected chi connectivity index (χ3v) is 4.50. The second-order valence-corrected chi connectivity index (χ2v) is 5.62. The van der Waals surface area contributed by atoms with Gasteiger partial charge in [-0.3, -0.25) is 0 Å². The third kappa shape index (κ3) is 2.14. The standard InChI is InChI=1S/C15H18F2N2/c16-15(17)6-4-14(10-18,5-7-15)12-1-2-13-11(9-12)3-8-19-13/h1-3,8-9,19H,4-7,10,18H2. The number of aromatic amines is 1. The summed E-state index contributed by atoms with van der Waals surface area (Å²) in [6.07, 6.45) is 2.70. The maximum Gasteiger partial charge on any atom is 0.248 e. The van der Waals surface area contributed by atoms with Gasteiger partial charge in [-0.15, -0.1) is 0 Å². The summed E-state index contributed by atoms with van der Waals surface area (Å²) >= 11 is 0. The van der Waals surface area contributed by atoms with Crippen molar-refractivity contribution in [3.63, 3.8) is 0 Å². The fourth-order valence-electron chi connectivity index (χ4n) is 3.09. The molecule has 0 atom stereocenters. The van der Waals surface area contributed by atoms with Crippen LogP contribution in [0.15, 0.2) is 30.5 Å². The lowest BCUT2D eigenvalue weighted by atomic mass is 9.68. The highest BCUT2D eigenvalue weighted by atomic mass is 19.3. The van der Waals surface area contributed by atoms with E-state index in [0.717, 1.165) is 16.5 Å². The van der Waals surface area contributed by atoms with Crippen LogP contribution in [0, 0.1) is 0 Å². The van der Waals surface area contributed by atoms with E-state index in [9.17, 15) is 8.78 Å². The minimum absolute atomic E-state index is 0.0601. The van der Waals surface area contributed by atoms with E-state index in [-0.39, 0.29) is 18.3 Å². The fourth-order valence-corrected chi connectivity index (χ4v) is 3.09. The van der Waals surface area contributed by atoms with Crippen molar-refractivity contribution in [1.29, 1.82) is 0 Å². The number of hydrogen-bond acceptors (Lipinski definition) is 1. The monoisotopic (exact) mass is 264 g/mol. The van der Waals surface area contributed by atoms with E-state index < -0.39 is 5.92 Å². The fraction of sp³-hybridized carbons (Fsp3) is 0.467. The molecule has 1 saturated carbocycles. The third-order valence-electron chi connectivity index (χ3n) is 4.50. The Morgan fingerprint density at radius 3 is 2.53 bits per heavy atom. The van der Waals surface area contributed by atoms with Gasteiger partial charge in [-0.25, -0.2) is 8.78 Å². The van der Waals surface area contributed by atoms with Crippen LogP contribution in [0.1, 0.15) is 31.2 Å². The predicted octanol–water partition coefficient (Wildman–Crippen LogP) is 3.57. The van der Waals surface area contributed by atoms with Crippen LogP contribution in [0.3, 0.4) is 0 Å². The van der Waals surface area contributed by atoms with Gasteiger partial charge in [-0.2, -0.15) is 0 Å². The molecule has 0 radical (unpaired) electrons. The number of alkyl halides is 2. The molecule has 1 heterocycles. The Morgan fingerprint density at radius 2 is 1.84 bits per heavy atom. The lowest BCUT2D eigenvalue weighted by Gasteiger charge is -2.39. The number of nitrogens with one attached hydrogen (secondary N) is 1. The highest BCUT2D eigenvalue weighted by Gasteiger charge is 2.43. The zero-order valence-corrected chi connectivity index (χ0v) is 10.8. The molecule has 0 saturated heterocycles. The second kappa shape index (κ2) is 4.30. The molecule has 1 aromatic heterocycles. The van der Waals surface area contributed by atoms with Crippen molar-refractivity contribution >= 4 is 10.9 Å². The van der Waals surface area contributed by atoms with E-state index in [2.05, 4.69) is 11.1 Å². The van der Waals surface area contributed by atoms with Crippen LogP contribution >= 0.6 is 0 Å². The van der Waals surface area contributed by atoms with E-state index >= 15 is 0 Å². The molecular weight excluding hydrogens is 246 g/mol. The van der Waals surface area contributed by atoms with E-state index in [1.54, 1.807) is 0 Å². The summed E-state index contributed by atoms with van der Waals surface area (Å²) < 4.78 is 26.7. The molecule has 0 unspecified atom stereocenters. The molecular formula is C15H18F2N2. The summed E-state index contributed by atoms with van der Waals surface area (Å²) in [5.41, 5.74) is 7.80. The minimum atomic E-state index is -2.52. The molecule has 0 amide bonds. The number of benzene rings is 1. The number of fused-ring (bicyclic) bond motifs is 1. The van der Waals surface area contributed by atoms with Crippen molar-refractivity contribution in [3.05, 3.63) is 36.0 Å². The first-order chi connectivity index (χ1) is 9.05. The largest absolute Gasteiger partial charge is 0.361 e. The van der Waals surface area contributed by atoms with Gasteiger partial charge in [-0.1, -0.05) is 6.07 Å². The Bertz CT molecular complexity index is 579. The quantitative estimate of drug-likeness (QED) is 0.855. The molecule has 0 spiro atoms. The van der Waals surface area contributed by atoms with Crippen molar-refractivity contribution in [2.24, 2.45) is 5.73 Å². The molecule has 4 heteroatoms. The van der Waals surface area contributed by atoms with E-state index in [1.807, 2.05) is 24.4 Å². The average Bonchev–Trinajstić information content (AvgIpc) is 2.87. The highest BCUT2D eigenvalue weighted by Crippen LogP contribution is 2.45. The zero-order chi connectivity index (χ0) is 13.5. The Balaban J connectivity index is 1.97. The second-order valence-electron chi connectivity index (χ2n) is 5.62. The van der Waals surface area contributed by atoms with Crippen molar-refractivity contribution in [2.75, 3.05) is 6.54 Å². The van der Waals surface area contributed by atoms with Gasteiger partial charge in [0.15, 0.2) is 0 Å². The van der Waals surface area contributed by atoms with Crippen molar-refractivity contribution in [1.82, 2.24) is 4.98 Å². The van der Waals surface area contributed by atoms with Gasteiger partial charge in [0.1, 0.15) is 0 Å². The smallest absolute Gasteiger partial charge is 0.248 e. The maximum absolute atomic E-state index is 13.4. The van der Waals surface area contributed by atoms with Crippen LogP contribution < -0.4 is 5.73 Å². The molecule has 2 nitrogen and oxygen atoms in total. The predicted molar refractivity (Wildman–Crippen MR) is 72.4 cm³/mol. The summed E-state index contributed by atoms with van der Waals surface area (Å²) in [7, 11) is 0. The van der Waals surface area contributed by atoms with Gasteiger partial charge in [0.25, 0.3) is 0 Å². The van der Waals surface area contributed by atoms with Crippen LogP contribution in [-0.4, -0.2) is 17.5 Å². The van der Waals surface area contributed by atoms with Crippen LogP contribution in [0.2, 0.25) is 0 Å².